The summed E-state index contributed by atoms with van der Waals surface area (Å²) in [4.78, 5) is 28.8. The summed E-state index contributed by atoms with van der Waals surface area (Å²) in [6.45, 7) is 2.16. The van der Waals surface area contributed by atoms with E-state index >= 15 is 0 Å². The number of para-hydroxylation sites is 1. The Morgan fingerprint density at radius 3 is 2.40 bits per heavy atom. The van der Waals surface area contributed by atoms with Crippen LogP contribution in [0.1, 0.15) is 44.1 Å². The first-order valence-electron chi connectivity index (χ1n) is 14.6. The first-order chi connectivity index (χ1) is 20.5. The summed E-state index contributed by atoms with van der Waals surface area (Å²) in [5.74, 6) is -0.376. The topological polar surface area (TPSA) is 112 Å². The quantitative estimate of drug-likeness (QED) is 0.216. The molecule has 2 amide bonds. The zero-order valence-electron chi connectivity index (χ0n) is 23.7. The number of furan rings is 1. The molecule has 1 aromatic heterocycles. The van der Waals surface area contributed by atoms with Crippen LogP contribution in [0.25, 0.3) is 6.08 Å². The number of hydrogen-bond acceptors (Lipinski definition) is 7. The monoisotopic (exact) mass is 568 g/mol. The van der Waals surface area contributed by atoms with Crippen LogP contribution in [-0.4, -0.2) is 41.3 Å². The molecule has 4 atom stereocenters. The molecule has 2 fully saturated rings. The van der Waals surface area contributed by atoms with Gasteiger partial charge in [-0.3, -0.25) is 14.5 Å². The van der Waals surface area contributed by atoms with E-state index in [9.17, 15) is 19.8 Å². The van der Waals surface area contributed by atoms with Crippen LogP contribution in [0.2, 0.25) is 0 Å². The third-order valence-electron chi connectivity index (χ3n) is 8.75. The summed E-state index contributed by atoms with van der Waals surface area (Å²) < 4.78 is 11.9. The highest BCUT2D eigenvalue weighted by atomic mass is 16.5. The summed E-state index contributed by atoms with van der Waals surface area (Å²) >= 11 is 0. The number of benzene rings is 2. The highest BCUT2D eigenvalue weighted by molar-refractivity contribution is 6.22. The number of imide groups is 1. The molecule has 3 aromatic rings. The largest absolute Gasteiger partial charge is 0.459 e. The van der Waals surface area contributed by atoms with E-state index in [1.54, 1.807) is 18.2 Å². The van der Waals surface area contributed by atoms with Gasteiger partial charge < -0.3 is 24.7 Å². The summed E-state index contributed by atoms with van der Waals surface area (Å²) in [5.41, 5.74) is 5.38. The van der Waals surface area contributed by atoms with Gasteiger partial charge in [0.25, 0.3) is 0 Å². The molecule has 2 aromatic carbocycles. The summed E-state index contributed by atoms with van der Waals surface area (Å²) in [6.07, 6.45) is 4.47. The fourth-order valence-electron chi connectivity index (χ4n) is 6.68. The lowest BCUT2D eigenvalue weighted by Gasteiger charge is -2.31. The third kappa shape index (κ3) is 5.33. The number of ether oxygens (including phenoxy) is 1. The van der Waals surface area contributed by atoms with Crippen molar-refractivity contribution >= 4 is 35.0 Å². The van der Waals surface area contributed by atoms with Crippen molar-refractivity contribution < 1.29 is 29.0 Å². The standard InChI is InChI=1S/C34H36N2O6/c1-2-21(16-26-13-14-27(19-38)42-26)8-15-30-31-22(18-37)17-28-32(29(31)20-41-30)34(40)36(33(28)39)25-11-9-24(10-12-25)35-23-6-4-3-5-7-23/h3-7,9-14,16,28-30,32,35,37-38H,2,8,15,17-20H2,1H3/b21-16+/t28-,29+,30-,32-/m1/s1. The number of amides is 2. The van der Waals surface area contributed by atoms with Gasteiger partial charge in [0.05, 0.1) is 36.8 Å². The molecule has 218 valence electrons. The van der Waals surface area contributed by atoms with Gasteiger partial charge in [-0.25, -0.2) is 0 Å². The van der Waals surface area contributed by atoms with Crippen molar-refractivity contribution in [3.63, 3.8) is 0 Å². The zero-order valence-corrected chi connectivity index (χ0v) is 23.7. The maximum absolute atomic E-state index is 13.8. The van der Waals surface area contributed by atoms with E-state index < -0.39 is 11.8 Å². The van der Waals surface area contributed by atoms with Crippen molar-refractivity contribution in [1.82, 2.24) is 0 Å². The minimum absolute atomic E-state index is 0.137. The molecule has 3 aliphatic rings. The molecule has 6 rings (SSSR count). The van der Waals surface area contributed by atoms with Gasteiger partial charge in [0, 0.05) is 17.3 Å². The minimum Gasteiger partial charge on any atom is -0.459 e. The van der Waals surface area contributed by atoms with Crippen LogP contribution in [-0.2, 0) is 20.9 Å². The van der Waals surface area contributed by atoms with E-state index in [0.717, 1.165) is 35.4 Å². The van der Waals surface area contributed by atoms with Crippen molar-refractivity contribution in [3.05, 3.63) is 95.0 Å². The van der Waals surface area contributed by atoms with Crippen LogP contribution in [0, 0.1) is 17.8 Å². The molecule has 0 bridgehead atoms. The number of anilines is 3. The van der Waals surface area contributed by atoms with E-state index in [0.29, 0.717) is 36.7 Å². The van der Waals surface area contributed by atoms with E-state index in [-0.39, 0.29) is 37.0 Å². The summed E-state index contributed by atoms with van der Waals surface area (Å²) in [6, 6.07) is 20.8. The van der Waals surface area contributed by atoms with Gasteiger partial charge in [-0.2, -0.15) is 0 Å². The predicted octanol–water partition coefficient (Wildman–Crippen LogP) is 5.60. The van der Waals surface area contributed by atoms with Crippen LogP contribution in [0.15, 0.2) is 87.9 Å². The first-order valence-corrected chi connectivity index (χ1v) is 14.6. The molecule has 2 aliphatic heterocycles. The van der Waals surface area contributed by atoms with E-state index in [1.165, 1.54) is 10.5 Å². The minimum atomic E-state index is -0.497. The highest BCUT2D eigenvalue weighted by Crippen LogP contribution is 2.50. The van der Waals surface area contributed by atoms with E-state index in [4.69, 9.17) is 9.15 Å². The average Bonchev–Trinajstić information content (AvgIpc) is 3.72. The normalized spacial score (nSPS) is 23.9. The Bertz CT molecular complexity index is 1510. The van der Waals surface area contributed by atoms with Crippen LogP contribution in [0.3, 0.4) is 0 Å². The Morgan fingerprint density at radius 2 is 1.71 bits per heavy atom. The number of nitrogens with one attached hydrogen (secondary N) is 1. The third-order valence-corrected chi connectivity index (χ3v) is 8.75. The number of aliphatic hydroxyl groups excluding tert-OH is 2. The Labute approximate surface area is 245 Å². The molecule has 8 heteroatoms. The van der Waals surface area contributed by atoms with Crippen molar-refractivity contribution in [1.29, 1.82) is 0 Å². The van der Waals surface area contributed by atoms with Crippen molar-refractivity contribution in [3.8, 4) is 0 Å². The Morgan fingerprint density at radius 1 is 0.952 bits per heavy atom. The molecule has 2 saturated heterocycles. The molecule has 42 heavy (non-hydrogen) atoms. The lowest BCUT2D eigenvalue weighted by Crippen LogP contribution is -2.35. The molecule has 0 saturated carbocycles. The van der Waals surface area contributed by atoms with Crippen LogP contribution in [0.4, 0.5) is 17.1 Å². The fraction of sp³-hybridized carbons (Fsp3) is 0.353. The molecular formula is C34H36N2O6. The SMILES string of the molecule is CC/C(=C\c1ccc(CO)o1)CC[C@H]1OC[C@H]2C1=C(CO)C[C@H]1C(=O)N(c3ccc(Nc4ccccc4)cc3)C(=O)[C@H]12. The van der Waals surface area contributed by atoms with Gasteiger partial charge in [-0.1, -0.05) is 30.7 Å². The van der Waals surface area contributed by atoms with Crippen LogP contribution < -0.4 is 10.2 Å². The smallest absolute Gasteiger partial charge is 0.238 e. The molecular weight excluding hydrogens is 532 g/mol. The predicted molar refractivity (Wildman–Crippen MR) is 160 cm³/mol. The van der Waals surface area contributed by atoms with Gasteiger partial charge in [0.2, 0.25) is 11.8 Å². The number of hydrogen-bond donors (Lipinski definition) is 3. The van der Waals surface area contributed by atoms with Crippen molar-refractivity contribution in [2.24, 2.45) is 17.8 Å². The molecule has 3 N–H and O–H groups in total. The zero-order chi connectivity index (χ0) is 29.2. The summed E-state index contributed by atoms with van der Waals surface area (Å²) in [7, 11) is 0. The van der Waals surface area contributed by atoms with Crippen molar-refractivity contribution in [2.45, 2.75) is 45.3 Å². The summed E-state index contributed by atoms with van der Waals surface area (Å²) in [5, 5.41) is 22.9. The number of carbonyl (C=O) groups excluding carboxylic acids is 2. The fourth-order valence-corrected chi connectivity index (χ4v) is 6.68. The number of aliphatic hydroxyl groups is 2. The lowest BCUT2D eigenvalue weighted by atomic mass is 9.69. The molecule has 0 radical (unpaired) electrons. The number of carbonyl (C=O) groups is 2. The second kappa shape index (κ2) is 12.1. The molecule has 1 aliphatic carbocycles. The van der Waals surface area contributed by atoms with Crippen LogP contribution >= 0.6 is 0 Å². The van der Waals surface area contributed by atoms with Gasteiger partial charge in [-0.15, -0.1) is 0 Å². The van der Waals surface area contributed by atoms with Crippen molar-refractivity contribution in [2.75, 3.05) is 23.4 Å². The lowest BCUT2D eigenvalue weighted by molar-refractivity contribution is -0.122. The Kier molecular flexibility index (Phi) is 8.11. The first kappa shape index (κ1) is 28.2. The highest BCUT2D eigenvalue weighted by Gasteiger charge is 2.57. The molecule has 3 heterocycles. The average molecular weight is 569 g/mol. The maximum atomic E-state index is 13.8. The maximum Gasteiger partial charge on any atom is 0.238 e. The second-order valence-corrected chi connectivity index (χ2v) is 11.2. The Balaban J connectivity index is 1.17. The van der Waals surface area contributed by atoms with Gasteiger partial charge in [-0.05, 0) is 91.4 Å². The van der Waals surface area contributed by atoms with Gasteiger partial charge >= 0.3 is 0 Å². The van der Waals surface area contributed by atoms with Gasteiger partial charge in [0.1, 0.15) is 18.1 Å². The molecule has 8 nitrogen and oxygen atoms in total. The van der Waals surface area contributed by atoms with E-state index in [2.05, 4.69) is 12.2 Å². The molecule has 0 unspecified atom stereocenters. The number of rotatable bonds is 10. The Hall–Kier alpha value is -3.98. The number of fused-ring (bicyclic) bond motifs is 3. The molecule has 0 spiro atoms. The van der Waals surface area contributed by atoms with Crippen LogP contribution in [0.5, 0.6) is 0 Å². The van der Waals surface area contributed by atoms with Gasteiger partial charge in [0.15, 0.2) is 0 Å². The van der Waals surface area contributed by atoms with E-state index in [1.807, 2.05) is 54.6 Å². The number of nitrogens with zero attached hydrogens (tertiary/aromatic N) is 1. The number of allylic oxidation sites excluding steroid dienone is 1. The second-order valence-electron chi connectivity index (χ2n) is 11.2.